The van der Waals surface area contributed by atoms with Crippen molar-refractivity contribution in [2.75, 3.05) is 7.11 Å². The number of aromatic nitrogens is 1. The molecule has 0 aliphatic carbocycles. The Hall–Kier alpha value is -3.93. The third-order valence-corrected chi connectivity index (χ3v) is 6.41. The average Bonchev–Trinajstić information content (AvgIpc) is 3.08. The molecule has 1 N–H and O–H groups in total. The number of aliphatic hydroxyl groups is 1. The first kappa shape index (κ1) is 24.2. The Morgan fingerprint density at radius 2 is 1.83 bits per heavy atom. The van der Waals surface area contributed by atoms with Gasteiger partial charge in [-0.2, -0.15) is 0 Å². The fourth-order valence-corrected chi connectivity index (χ4v) is 4.44. The maximum Gasteiger partial charge on any atom is 0.295 e. The van der Waals surface area contributed by atoms with Gasteiger partial charge in [-0.3, -0.25) is 14.6 Å². The van der Waals surface area contributed by atoms with Crippen LogP contribution in [0.15, 0.2) is 72.6 Å². The highest BCUT2D eigenvalue weighted by Gasteiger charge is 2.47. The second kappa shape index (κ2) is 9.37. The fourth-order valence-electron chi connectivity index (χ4n) is 4.44. The largest absolute Gasteiger partial charge is 0.507 e. The number of hydrogen-bond acceptors (Lipinski definition) is 5. The Morgan fingerprint density at radius 3 is 2.49 bits per heavy atom. The third-order valence-electron chi connectivity index (χ3n) is 6.41. The van der Waals surface area contributed by atoms with Gasteiger partial charge in [-0.15, -0.1) is 0 Å². The summed E-state index contributed by atoms with van der Waals surface area (Å²) in [5.41, 5.74) is 3.67. The molecular formula is C29H30N2O4. The molecule has 6 heteroatoms. The van der Waals surface area contributed by atoms with E-state index in [2.05, 4.69) is 25.8 Å². The minimum absolute atomic E-state index is 0.0533. The van der Waals surface area contributed by atoms with Gasteiger partial charge in [-0.1, -0.05) is 57.2 Å². The molecule has 0 radical (unpaired) electrons. The number of rotatable bonds is 5. The predicted octanol–water partition coefficient (Wildman–Crippen LogP) is 5.32. The number of carbonyl (C=O) groups is 2. The van der Waals surface area contributed by atoms with Gasteiger partial charge in [0.25, 0.3) is 11.7 Å². The molecule has 1 aromatic heterocycles. The van der Waals surface area contributed by atoms with E-state index in [1.807, 2.05) is 49.4 Å². The summed E-state index contributed by atoms with van der Waals surface area (Å²) >= 11 is 0. The van der Waals surface area contributed by atoms with Gasteiger partial charge in [0.1, 0.15) is 11.5 Å². The molecule has 180 valence electrons. The number of carbonyl (C=O) groups excluding carboxylic acids is 2. The van der Waals surface area contributed by atoms with E-state index in [1.165, 1.54) is 4.90 Å². The molecule has 1 aliphatic rings. The lowest BCUT2D eigenvalue weighted by Crippen LogP contribution is -2.29. The van der Waals surface area contributed by atoms with Crippen molar-refractivity contribution in [3.63, 3.8) is 0 Å². The number of benzene rings is 2. The van der Waals surface area contributed by atoms with Crippen LogP contribution in [0.5, 0.6) is 5.75 Å². The van der Waals surface area contributed by atoms with Gasteiger partial charge in [0.05, 0.1) is 18.7 Å². The van der Waals surface area contributed by atoms with Gasteiger partial charge in [0.15, 0.2) is 0 Å². The molecule has 1 atom stereocenters. The standard InChI is InChI=1S/C29H30N2O4/c1-18-12-13-20(29(2,3)4)15-22(18)26(32)24-25(21-10-6-7-11-23(21)35-5)31(28(34)27(24)33)17-19-9-8-14-30-16-19/h6-16,25,32H,17H2,1-5H3/b26-24+. The van der Waals surface area contributed by atoms with Crippen molar-refractivity contribution in [1.82, 2.24) is 9.88 Å². The number of hydrogen-bond donors (Lipinski definition) is 1. The first-order chi connectivity index (χ1) is 16.6. The number of ether oxygens (including phenoxy) is 1. The van der Waals surface area contributed by atoms with Crippen molar-refractivity contribution in [3.05, 3.63) is 100 Å². The number of nitrogens with zero attached hydrogens (tertiary/aromatic N) is 2. The average molecular weight is 471 g/mol. The van der Waals surface area contributed by atoms with Crippen LogP contribution in [0.25, 0.3) is 5.76 Å². The topological polar surface area (TPSA) is 79.7 Å². The van der Waals surface area contributed by atoms with Crippen molar-refractivity contribution in [2.24, 2.45) is 0 Å². The molecule has 0 spiro atoms. The molecule has 0 saturated carbocycles. The number of amides is 1. The summed E-state index contributed by atoms with van der Waals surface area (Å²) in [6, 6.07) is 15.9. The van der Waals surface area contributed by atoms with Gasteiger partial charge >= 0.3 is 0 Å². The van der Waals surface area contributed by atoms with Gasteiger partial charge < -0.3 is 14.7 Å². The number of likely N-dealkylation sites (tertiary alicyclic amines) is 1. The van der Waals surface area contributed by atoms with Gasteiger partial charge in [-0.25, -0.2) is 0 Å². The second-order valence-electron chi connectivity index (χ2n) is 9.81. The third kappa shape index (κ3) is 4.56. The van der Waals surface area contributed by atoms with Crippen LogP contribution in [0.4, 0.5) is 0 Å². The Balaban J connectivity index is 1.95. The Morgan fingerprint density at radius 1 is 1.09 bits per heavy atom. The molecule has 3 aromatic rings. The van der Waals surface area contributed by atoms with Crippen molar-refractivity contribution in [2.45, 2.75) is 45.7 Å². The minimum atomic E-state index is -0.816. The highest BCUT2D eigenvalue weighted by Crippen LogP contribution is 2.44. The van der Waals surface area contributed by atoms with E-state index in [-0.39, 0.29) is 23.3 Å². The van der Waals surface area contributed by atoms with Crippen LogP contribution in [0.2, 0.25) is 0 Å². The lowest BCUT2D eigenvalue weighted by Gasteiger charge is -2.27. The van der Waals surface area contributed by atoms with E-state index in [0.717, 1.165) is 16.7 Å². The monoisotopic (exact) mass is 470 g/mol. The summed E-state index contributed by atoms with van der Waals surface area (Å²) in [7, 11) is 1.54. The first-order valence-electron chi connectivity index (χ1n) is 11.5. The van der Waals surface area contributed by atoms with Crippen LogP contribution in [0, 0.1) is 6.92 Å². The number of Topliss-reactive ketones (excluding diaryl/α,β-unsaturated/α-hetero) is 1. The summed E-state index contributed by atoms with van der Waals surface area (Å²) in [4.78, 5) is 32.4. The first-order valence-corrected chi connectivity index (χ1v) is 11.5. The zero-order valence-electron chi connectivity index (χ0n) is 20.7. The van der Waals surface area contributed by atoms with Crippen LogP contribution >= 0.6 is 0 Å². The molecule has 1 fully saturated rings. The quantitative estimate of drug-likeness (QED) is 0.310. The minimum Gasteiger partial charge on any atom is -0.507 e. The Labute approximate surface area is 205 Å². The van der Waals surface area contributed by atoms with Gasteiger partial charge in [-0.05, 0) is 47.2 Å². The summed E-state index contributed by atoms with van der Waals surface area (Å²) in [6.45, 7) is 8.31. The van der Waals surface area contributed by atoms with Crippen molar-refractivity contribution in [3.8, 4) is 5.75 Å². The zero-order valence-corrected chi connectivity index (χ0v) is 20.7. The maximum absolute atomic E-state index is 13.4. The molecule has 1 saturated heterocycles. The lowest BCUT2D eigenvalue weighted by atomic mass is 9.84. The van der Waals surface area contributed by atoms with Gasteiger partial charge in [0.2, 0.25) is 0 Å². The number of ketones is 1. The fraction of sp³-hybridized carbons (Fsp3) is 0.276. The molecule has 1 aliphatic heterocycles. The SMILES string of the molecule is COc1ccccc1C1/C(=C(\O)c2cc(C(C)(C)C)ccc2C)C(=O)C(=O)N1Cc1cccnc1. The predicted molar refractivity (Wildman–Crippen MR) is 135 cm³/mol. The number of aliphatic hydroxyl groups excluding tert-OH is 1. The molecule has 2 aromatic carbocycles. The summed E-state index contributed by atoms with van der Waals surface area (Å²) in [6.07, 6.45) is 3.32. The van der Waals surface area contributed by atoms with Crippen LogP contribution in [0.1, 0.15) is 54.6 Å². The molecule has 2 heterocycles. The molecule has 1 amide bonds. The lowest BCUT2D eigenvalue weighted by molar-refractivity contribution is -0.140. The number of methoxy groups -OCH3 is 1. The van der Waals surface area contributed by atoms with Crippen LogP contribution in [0.3, 0.4) is 0 Å². The van der Waals surface area contributed by atoms with Crippen LogP contribution in [-0.2, 0) is 21.5 Å². The van der Waals surface area contributed by atoms with Crippen LogP contribution in [-0.4, -0.2) is 33.8 Å². The van der Waals surface area contributed by atoms with E-state index >= 15 is 0 Å². The molecule has 0 bridgehead atoms. The van der Waals surface area contributed by atoms with Crippen molar-refractivity contribution >= 4 is 17.4 Å². The van der Waals surface area contributed by atoms with E-state index < -0.39 is 17.7 Å². The smallest absolute Gasteiger partial charge is 0.295 e. The van der Waals surface area contributed by atoms with E-state index in [9.17, 15) is 14.7 Å². The van der Waals surface area contributed by atoms with Crippen molar-refractivity contribution in [1.29, 1.82) is 0 Å². The molecule has 6 nitrogen and oxygen atoms in total. The molecular weight excluding hydrogens is 440 g/mol. The van der Waals surface area contributed by atoms with Crippen molar-refractivity contribution < 1.29 is 19.4 Å². The number of para-hydroxylation sites is 1. The second-order valence-corrected chi connectivity index (χ2v) is 9.81. The summed E-state index contributed by atoms with van der Waals surface area (Å²) in [5, 5.41) is 11.6. The Bertz CT molecular complexity index is 1310. The van der Waals surface area contributed by atoms with Gasteiger partial charge in [0, 0.05) is 30.1 Å². The highest BCUT2D eigenvalue weighted by molar-refractivity contribution is 6.46. The summed E-state index contributed by atoms with van der Waals surface area (Å²) in [5.74, 6) is -1.04. The maximum atomic E-state index is 13.4. The van der Waals surface area contributed by atoms with E-state index in [1.54, 1.807) is 31.6 Å². The normalized spacial score (nSPS) is 17.6. The van der Waals surface area contributed by atoms with Crippen LogP contribution < -0.4 is 4.74 Å². The molecule has 1 unspecified atom stereocenters. The number of pyridine rings is 1. The molecule has 35 heavy (non-hydrogen) atoms. The van der Waals surface area contributed by atoms with E-state index in [4.69, 9.17) is 4.74 Å². The summed E-state index contributed by atoms with van der Waals surface area (Å²) < 4.78 is 5.58. The Kier molecular flexibility index (Phi) is 6.48. The van der Waals surface area contributed by atoms with E-state index in [0.29, 0.717) is 16.9 Å². The highest BCUT2D eigenvalue weighted by atomic mass is 16.5. The molecule has 4 rings (SSSR count). The number of aryl methyl sites for hydroxylation is 1. The zero-order chi connectivity index (χ0) is 25.3.